The zero-order valence-corrected chi connectivity index (χ0v) is 18.8. The molecule has 1 aliphatic heterocycles. The second-order valence-electron chi connectivity index (χ2n) is 8.04. The summed E-state index contributed by atoms with van der Waals surface area (Å²) in [6.07, 6.45) is 0.921. The normalized spacial score (nSPS) is 21.6. The number of rotatable bonds is 4. The van der Waals surface area contributed by atoms with Gasteiger partial charge in [-0.05, 0) is 56.3 Å². The van der Waals surface area contributed by atoms with Crippen molar-refractivity contribution in [2.75, 3.05) is 0 Å². The van der Waals surface area contributed by atoms with Gasteiger partial charge in [-0.15, -0.1) is 11.3 Å². The largest absolute Gasteiger partial charge is 0.460 e. The van der Waals surface area contributed by atoms with Gasteiger partial charge in [0.2, 0.25) is 0 Å². The second-order valence-corrected chi connectivity index (χ2v) is 9.46. The van der Waals surface area contributed by atoms with Gasteiger partial charge in [0.25, 0.3) is 0 Å². The Morgan fingerprint density at radius 1 is 1.23 bits per heavy atom. The Bertz CT molecular complexity index is 1050. The van der Waals surface area contributed by atoms with Crippen molar-refractivity contribution in [1.29, 1.82) is 0 Å². The smallest absolute Gasteiger partial charge is 0.337 e. The van der Waals surface area contributed by atoms with Gasteiger partial charge in [0.1, 0.15) is 0 Å². The summed E-state index contributed by atoms with van der Waals surface area (Å²) in [4.78, 5) is 27.6. The summed E-state index contributed by atoms with van der Waals surface area (Å²) in [5.74, 6) is -0.669. The molecule has 0 fully saturated rings. The quantitative estimate of drug-likeness (QED) is 0.617. The van der Waals surface area contributed by atoms with E-state index in [4.69, 9.17) is 16.3 Å². The summed E-state index contributed by atoms with van der Waals surface area (Å²) in [5, 5.41) is 5.98. The summed E-state index contributed by atoms with van der Waals surface area (Å²) in [6, 6.07) is 11.5. The molecule has 1 aliphatic carbocycles. The molecule has 0 saturated carbocycles. The van der Waals surface area contributed by atoms with Crippen molar-refractivity contribution in [3.8, 4) is 0 Å². The number of halogens is 1. The predicted molar refractivity (Wildman–Crippen MR) is 120 cm³/mol. The number of thiophene rings is 1. The summed E-state index contributed by atoms with van der Waals surface area (Å²) in [6.45, 7) is 5.51. The van der Waals surface area contributed by atoms with Crippen LogP contribution in [0, 0.1) is 0 Å². The highest BCUT2D eigenvalue weighted by Gasteiger charge is 2.41. The van der Waals surface area contributed by atoms with Crippen LogP contribution in [0.1, 0.15) is 55.9 Å². The highest BCUT2D eigenvalue weighted by Crippen LogP contribution is 2.46. The van der Waals surface area contributed by atoms with Crippen molar-refractivity contribution in [1.82, 2.24) is 5.32 Å². The van der Waals surface area contributed by atoms with Crippen LogP contribution in [-0.2, 0) is 14.3 Å². The van der Waals surface area contributed by atoms with Gasteiger partial charge >= 0.3 is 5.97 Å². The first-order chi connectivity index (χ1) is 14.3. The third kappa shape index (κ3) is 3.96. The van der Waals surface area contributed by atoms with Crippen LogP contribution >= 0.6 is 22.9 Å². The number of benzene rings is 1. The van der Waals surface area contributed by atoms with Crippen molar-refractivity contribution in [2.45, 2.75) is 51.6 Å². The van der Waals surface area contributed by atoms with Crippen molar-refractivity contribution in [3.63, 3.8) is 0 Å². The van der Waals surface area contributed by atoms with Gasteiger partial charge in [-0.25, -0.2) is 4.79 Å². The minimum Gasteiger partial charge on any atom is -0.460 e. The van der Waals surface area contributed by atoms with Crippen LogP contribution < -0.4 is 5.32 Å². The molecule has 2 atom stereocenters. The predicted octanol–water partition coefficient (Wildman–Crippen LogP) is 5.71. The maximum absolute atomic E-state index is 13.4. The van der Waals surface area contributed by atoms with Gasteiger partial charge in [-0.2, -0.15) is 0 Å². The molecule has 4 rings (SSSR count). The lowest BCUT2D eigenvalue weighted by molar-refractivity contribution is -0.143. The Hall–Kier alpha value is -2.37. The van der Waals surface area contributed by atoms with Gasteiger partial charge < -0.3 is 10.1 Å². The van der Waals surface area contributed by atoms with Crippen molar-refractivity contribution in [3.05, 3.63) is 79.8 Å². The molecule has 0 spiro atoms. The summed E-state index contributed by atoms with van der Waals surface area (Å²) in [5.41, 5.74) is 3.59. The summed E-state index contributed by atoms with van der Waals surface area (Å²) in [7, 11) is 0. The van der Waals surface area contributed by atoms with E-state index < -0.39 is 11.9 Å². The highest BCUT2D eigenvalue weighted by atomic mass is 35.5. The van der Waals surface area contributed by atoms with Gasteiger partial charge in [0.15, 0.2) is 5.78 Å². The third-order valence-corrected chi connectivity index (χ3v) is 6.79. The fourth-order valence-electron chi connectivity index (χ4n) is 4.33. The zero-order chi connectivity index (χ0) is 21.4. The number of ether oxygens (including phenoxy) is 1. The molecule has 1 N–H and O–H groups in total. The van der Waals surface area contributed by atoms with Gasteiger partial charge in [0.05, 0.1) is 11.7 Å². The molecule has 0 unspecified atom stereocenters. The zero-order valence-electron chi connectivity index (χ0n) is 17.2. The lowest BCUT2D eigenvalue weighted by Crippen LogP contribution is -2.36. The van der Waals surface area contributed by atoms with E-state index in [1.165, 1.54) is 4.88 Å². The number of ketones is 1. The lowest BCUT2D eigenvalue weighted by Gasteiger charge is -2.36. The Balaban J connectivity index is 1.81. The van der Waals surface area contributed by atoms with Gasteiger partial charge in [0, 0.05) is 45.1 Å². The van der Waals surface area contributed by atoms with E-state index in [0.29, 0.717) is 22.6 Å². The van der Waals surface area contributed by atoms with Crippen molar-refractivity contribution < 1.29 is 14.3 Å². The van der Waals surface area contributed by atoms with Crippen LogP contribution in [0.5, 0.6) is 0 Å². The van der Waals surface area contributed by atoms with E-state index in [1.54, 1.807) is 17.4 Å². The Kier molecular flexibility index (Phi) is 5.85. The van der Waals surface area contributed by atoms with E-state index in [-0.39, 0.29) is 17.8 Å². The lowest BCUT2D eigenvalue weighted by atomic mass is 9.72. The molecule has 30 heavy (non-hydrogen) atoms. The van der Waals surface area contributed by atoms with Crippen LogP contribution in [-0.4, -0.2) is 17.9 Å². The monoisotopic (exact) mass is 441 g/mol. The molecule has 1 aromatic carbocycles. The highest BCUT2D eigenvalue weighted by molar-refractivity contribution is 7.10. The maximum Gasteiger partial charge on any atom is 0.337 e. The van der Waals surface area contributed by atoms with Crippen LogP contribution in [0.2, 0.25) is 5.02 Å². The molecule has 0 saturated heterocycles. The number of esters is 1. The van der Waals surface area contributed by atoms with Crippen molar-refractivity contribution in [2.24, 2.45) is 0 Å². The molecule has 156 valence electrons. The number of Topliss-reactive ketones (excluding diaryl/α,β-unsaturated/α-hetero) is 1. The maximum atomic E-state index is 13.4. The SMILES string of the molecule is CC1=C(C(=O)OC(C)C)[C@@H](c2cccc(Cl)c2)C2=C(C[C@H](c3cccs3)CC2=O)N1. The first-order valence-corrected chi connectivity index (χ1v) is 11.3. The summed E-state index contributed by atoms with van der Waals surface area (Å²) < 4.78 is 5.54. The number of allylic oxidation sites excluding steroid dienone is 3. The van der Waals surface area contributed by atoms with Crippen LogP contribution in [0.15, 0.2) is 64.3 Å². The van der Waals surface area contributed by atoms with E-state index in [9.17, 15) is 9.59 Å². The third-order valence-electron chi connectivity index (χ3n) is 5.52. The second kappa shape index (κ2) is 8.40. The van der Waals surface area contributed by atoms with Crippen LogP contribution in [0.25, 0.3) is 0 Å². The topological polar surface area (TPSA) is 55.4 Å². The summed E-state index contributed by atoms with van der Waals surface area (Å²) >= 11 is 7.94. The number of carbonyl (C=O) groups excluding carboxylic acids is 2. The number of hydrogen-bond acceptors (Lipinski definition) is 5. The first-order valence-electron chi connectivity index (χ1n) is 10.1. The molecule has 2 aliphatic rings. The molecular formula is C24H24ClNO3S. The fraction of sp³-hybridized carbons (Fsp3) is 0.333. The van der Waals surface area contributed by atoms with E-state index in [0.717, 1.165) is 23.4 Å². The number of nitrogens with one attached hydrogen (secondary N) is 1. The number of dihydropyridines is 1. The number of carbonyl (C=O) groups is 2. The number of hydrogen-bond donors (Lipinski definition) is 1. The van der Waals surface area contributed by atoms with Crippen molar-refractivity contribution >= 4 is 34.7 Å². The van der Waals surface area contributed by atoms with Gasteiger partial charge in [-0.3, -0.25) is 4.79 Å². The van der Waals surface area contributed by atoms with E-state index in [2.05, 4.69) is 11.4 Å². The molecular weight excluding hydrogens is 418 g/mol. The molecule has 0 amide bonds. The minimum atomic E-state index is -0.483. The first kappa shape index (κ1) is 20.9. The Morgan fingerprint density at radius 2 is 2.03 bits per heavy atom. The molecule has 0 radical (unpaired) electrons. The molecule has 2 aromatic rings. The molecule has 2 heterocycles. The van der Waals surface area contributed by atoms with E-state index >= 15 is 0 Å². The van der Waals surface area contributed by atoms with E-state index in [1.807, 2.05) is 50.4 Å². The molecule has 1 aromatic heterocycles. The minimum absolute atomic E-state index is 0.0643. The standard InChI is InChI=1S/C24H24ClNO3S/c1-13(2)29-24(28)21-14(3)26-18-11-16(20-8-5-9-30-20)12-19(27)23(18)22(21)15-6-4-7-17(25)10-15/h4-10,13,16,22,26H,11-12H2,1-3H3/t16-,22+/m0/s1. The van der Waals surface area contributed by atoms with Crippen LogP contribution in [0.3, 0.4) is 0 Å². The molecule has 6 heteroatoms. The molecule has 0 bridgehead atoms. The average molecular weight is 442 g/mol. The Labute approximate surface area is 185 Å². The fourth-order valence-corrected chi connectivity index (χ4v) is 5.36. The average Bonchev–Trinajstić information content (AvgIpc) is 3.21. The Morgan fingerprint density at radius 3 is 2.70 bits per heavy atom. The molecule has 4 nitrogen and oxygen atoms in total. The van der Waals surface area contributed by atoms with Crippen LogP contribution in [0.4, 0.5) is 0 Å². The van der Waals surface area contributed by atoms with Gasteiger partial charge in [-0.1, -0.05) is 29.8 Å².